The summed E-state index contributed by atoms with van der Waals surface area (Å²) >= 11 is 0. The SMILES string of the molecule is CN(C)[C@H]1CN(C(=O)OC(C)(C)C)[C@](CCCCB2OC(C)(C)C(C)(C)O2)(C(=O)OCc2ccccc2)C1. The Morgan fingerprint density at radius 2 is 1.66 bits per heavy atom. The number of amides is 1. The normalized spacial score (nSPS) is 24.6. The first-order chi connectivity index (χ1) is 17.6. The van der Waals surface area contributed by atoms with Gasteiger partial charge in [0.1, 0.15) is 17.7 Å². The molecular formula is C29H47BN2O6. The van der Waals surface area contributed by atoms with Crippen molar-refractivity contribution in [1.82, 2.24) is 9.80 Å². The van der Waals surface area contributed by atoms with Crippen molar-refractivity contribution in [3.05, 3.63) is 35.9 Å². The molecule has 2 saturated heterocycles. The fourth-order valence-corrected chi connectivity index (χ4v) is 5.06. The maximum Gasteiger partial charge on any atom is 0.457 e. The Morgan fingerprint density at radius 1 is 1.05 bits per heavy atom. The highest BCUT2D eigenvalue weighted by Gasteiger charge is 2.56. The van der Waals surface area contributed by atoms with E-state index in [1.807, 2.05) is 92.9 Å². The Kier molecular flexibility index (Phi) is 9.27. The van der Waals surface area contributed by atoms with E-state index in [1.54, 1.807) is 4.90 Å². The molecule has 2 atom stereocenters. The number of unbranched alkanes of at least 4 members (excludes halogenated alkanes) is 1. The molecule has 1 amide bonds. The van der Waals surface area contributed by atoms with Gasteiger partial charge in [-0.3, -0.25) is 4.90 Å². The number of esters is 1. The molecule has 0 unspecified atom stereocenters. The second-order valence-corrected chi connectivity index (χ2v) is 12.9. The summed E-state index contributed by atoms with van der Waals surface area (Å²) < 4.78 is 24.0. The Labute approximate surface area is 229 Å². The molecule has 2 aliphatic rings. The summed E-state index contributed by atoms with van der Waals surface area (Å²) in [6, 6.07) is 9.62. The third-order valence-corrected chi connectivity index (χ3v) is 8.00. The summed E-state index contributed by atoms with van der Waals surface area (Å²) in [6.07, 6.45) is 2.70. The number of rotatable bonds is 9. The average Bonchev–Trinajstić information content (AvgIpc) is 3.29. The summed E-state index contributed by atoms with van der Waals surface area (Å²) in [5.74, 6) is -0.382. The van der Waals surface area contributed by atoms with Gasteiger partial charge in [-0.2, -0.15) is 0 Å². The van der Waals surface area contributed by atoms with E-state index in [1.165, 1.54) is 0 Å². The third kappa shape index (κ3) is 7.10. The van der Waals surface area contributed by atoms with Crippen LogP contribution in [-0.4, -0.2) is 78.0 Å². The van der Waals surface area contributed by atoms with Crippen LogP contribution in [0.25, 0.3) is 0 Å². The molecule has 2 fully saturated rings. The Bertz CT molecular complexity index is 946. The van der Waals surface area contributed by atoms with Gasteiger partial charge in [0.25, 0.3) is 0 Å². The molecular weight excluding hydrogens is 483 g/mol. The van der Waals surface area contributed by atoms with Gasteiger partial charge in [-0.05, 0) is 87.3 Å². The van der Waals surface area contributed by atoms with Crippen LogP contribution in [0.1, 0.15) is 79.7 Å². The van der Waals surface area contributed by atoms with Crippen LogP contribution in [0.3, 0.4) is 0 Å². The maximum atomic E-state index is 13.9. The van der Waals surface area contributed by atoms with E-state index >= 15 is 0 Å². The van der Waals surface area contributed by atoms with Crippen LogP contribution in [0.2, 0.25) is 6.32 Å². The lowest BCUT2D eigenvalue weighted by Gasteiger charge is -2.37. The van der Waals surface area contributed by atoms with E-state index in [0.29, 0.717) is 32.1 Å². The number of benzene rings is 1. The fourth-order valence-electron chi connectivity index (χ4n) is 5.06. The summed E-state index contributed by atoms with van der Waals surface area (Å²) in [5.41, 5.74) is -1.63. The molecule has 0 radical (unpaired) electrons. The summed E-state index contributed by atoms with van der Waals surface area (Å²) in [7, 11) is 3.66. The number of ether oxygens (including phenoxy) is 2. The molecule has 9 heteroatoms. The van der Waals surface area contributed by atoms with Crippen molar-refractivity contribution in [2.24, 2.45) is 0 Å². The van der Waals surface area contributed by atoms with Crippen molar-refractivity contribution in [1.29, 1.82) is 0 Å². The quantitative estimate of drug-likeness (QED) is 0.244. The number of likely N-dealkylation sites (N-methyl/N-ethyl adjacent to an activating group) is 1. The lowest BCUT2D eigenvalue weighted by Crippen LogP contribution is -2.55. The van der Waals surface area contributed by atoms with Gasteiger partial charge < -0.3 is 23.7 Å². The molecule has 2 heterocycles. The zero-order chi connectivity index (χ0) is 28.4. The molecule has 1 aromatic carbocycles. The summed E-state index contributed by atoms with van der Waals surface area (Å²) in [6.45, 7) is 14.3. The van der Waals surface area contributed by atoms with Crippen LogP contribution in [-0.2, 0) is 30.2 Å². The Balaban J connectivity index is 1.78. The highest BCUT2D eigenvalue weighted by molar-refractivity contribution is 6.45. The van der Waals surface area contributed by atoms with Crippen molar-refractivity contribution in [2.45, 2.75) is 115 Å². The highest BCUT2D eigenvalue weighted by atomic mass is 16.7. The lowest BCUT2D eigenvalue weighted by atomic mass is 9.80. The van der Waals surface area contributed by atoms with Gasteiger partial charge >= 0.3 is 19.2 Å². The van der Waals surface area contributed by atoms with Crippen molar-refractivity contribution in [3.8, 4) is 0 Å². The standard InChI is InChI=1S/C29H47BN2O6/c1-26(2,3)36-25(34)32-20-23(31(8)9)19-29(32,24(33)35-21-22-15-11-10-12-16-22)17-13-14-18-30-37-27(4,5)28(6,7)38-30/h10-12,15-16,23H,13-14,17-21H2,1-9H3/t23-,29+/m1/s1. The minimum atomic E-state index is -1.11. The van der Waals surface area contributed by atoms with Gasteiger partial charge in [0.2, 0.25) is 0 Å². The van der Waals surface area contributed by atoms with Crippen LogP contribution in [0, 0.1) is 0 Å². The van der Waals surface area contributed by atoms with E-state index in [9.17, 15) is 9.59 Å². The van der Waals surface area contributed by atoms with Crippen LogP contribution in [0.4, 0.5) is 4.79 Å². The molecule has 0 spiro atoms. The Hall–Kier alpha value is -2.10. The zero-order valence-corrected chi connectivity index (χ0v) is 24.8. The molecule has 212 valence electrons. The number of likely N-dealkylation sites (tertiary alicyclic amines) is 1. The highest BCUT2D eigenvalue weighted by Crippen LogP contribution is 2.40. The van der Waals surface area contributed by atoms with Crippen LogP contribution >= 0.6 is 0 Å². The van der Waals surface area contributed by atoms with Crippen LogP contribution in [0.15, 0.2) is 30.3 Å². The average molecular weight is 531 g/mol. The number of carbonyl (C=O) groups is 2. The molecule has 0 aromatic heterocycles. The van der Waals surface area contributed by atoms with E-state index in [0.717, 1.165) is 12.0 Å². The predicted molar refractivity (Wildman–Crippen MR) is 149 cm³/mol. The largest absolute Gasteiger partial charge is 0.459 e. The smallest absolute Gasteiger partial charge is 0.457 e. The first kappa shape index (κ1) is 30.4. The molecule has 0 aliphatic carbocycles. The summed E-state index contributed by atoms with van der Waals surface area (Å²) in [5, 5.41) is 0. The van der Waals surface area contributed by atoms with Crippen molar-refractivity contribution in [3.63, 3.8) is 0 Å². The zero-order valence-electron chi connectivity index (χ0n) is 24.8. The molecule has 3 rings (SSSR count). The topological polar surface area (TPSA) is 77.5 Å². The van der Waals surface area contributed by atoms with E-state index in [4.69, 9.17) is 18.8 Å². The van der Waals surface area contributed by atoms with Gasteiger partial charge in [-0.15, -0.1) is 0 Å². The first-order valence-electron chi connectivity index (χ1n) is 13.8. The lowest BCUT2D eigenvalue weighted by molar-refractivity contribution is -0.158. The van der Waals surface area contributed by atoms with Gasteiger partial charge in [0.05, 0.1) is 11.2 Å². The fraction of sp³-hybridized carbons (Fsp3) is 0.724. The molecule has 38 heavy (non-hydrogen) atoms. The molecule has 0 saturated carbocycles. The Morgan fingerprint density at radius 3 is 2.21 bits per heavy atom. The maximum absolute atomic E-state index is 13.9. The molecule has 0 N–H and O–H groups in total. The first-order valence-corrected chi connectivity index (χ1v) is 13.8. The van der Waals surface area contributed by atoms with Crippen LogP contribution in [0.5, 0.6) is 0 Å². The van der Waals surface area contributed by atoms with Gasteiger partial charge in [0, 0.05) is 12.6 Å². The molecule has 8 nitrogen and oxygen atoms in total. The van der Waals surface area contributed by atoms with Crippen molar-refractivity contribution < 1.29 is 28.4 Å². The predicted octanol–water partition coefficient (Wildman–Crippen LogP) is 5.30. The van der Waals surface area contributed by atoms with Gasteiger partial charge in [-0.25, -0.2) is 9.59 Å². The van der Waals surface area contributed by atoms with Crippen molar-refractivity contribution >= 4 is 19.2 Å². The summed E-state index contributed by atoms with van der Waals surface area (Å²) in [4.78, 5) is 31.0. The van der Waals surface area contributed by atoms with Gasteiger partial charge in [0.15, 0.2) is 0 Å². The number of hydrogen-bond donors (Lipinski definition) is 0. The number of carbonyl (C=O) groups excluding carboxylic acids is 2. The second kappa shape index (κ2) is 11.6. The molecule has 2 aliphatic heterocycles. The minimum absolute atomic E-state index is 0.00916. The minimum Gasteiger partial charge on any atom is -0.459 e. The third-order valence-electron chi connectivity index (χ3n) is 8.00. The van der Waals surface area contributed by atoms with Crippen molar-refractivity contribution in [2.75, 3.05) is 20.6 Å². The van der Waals surface area contributed by atoms with Gasteiger partial charge in [-0.1, -0.05) is 43.2 Å². The van der Waals surface area contributed by atoms with E-state index < -0.39 is 17.2 Å². The van der Waals surface area contributed by atoms with E-state index in [-0.39, 0.29) is 36.9 Å². The molecule has 1 aromatic rings. The van der Waals surface area contributed by atoms with Crippen LogP contribution < -0.4 is 0 Å². The number of hydrogen-bond acceptors (Lipinski definition) is 7. The monoisotopic (exact) mass is 530 g/mol. The van der Waals surface area contributed by atoms with E-state index in [2.05, 4.69) is 4.90 Å². The molecule has 0 bridgehead atoms. The second-order valence-electron chi connectivity index (χ2n) is 12.9. The number of nitrogens with zero attached hydrogens (tertiary/aromatic N) is 2.